The number of halogens is 1. The van der Waals surface area contributed by atoms with E-state index < -0.39 is 0 Å². The van der Waals surface area contributed by atoms with Gasteiger partial charge >= 0.3 is 0 Å². The van der Waals surface area contributed by atoms with Crippen LogP contribution >= 0.6 is 11.6 Å². The molecule has 4 heteroatoms. The highest BCUT2D eigenvalue weighted by Gasteiger charge is 2.11. The number of nitrogens with one attached hydrogen (secondary N) is 1. The summed E-state index contributed by atoms with van der Waals surface area (Å²) in [4.78, 5) is 11.8. The van der Waals surface area contributed by atoms with Crippen molar-refractivity contribution in [1.82, 2.24) is 0 Å². The summed E-state index contributed by atoms with van der Waals surface area (Å²) < 4.78 is 0. The second-order valence-corrected chi connectivity index (χ2v) is 4.66. The maximum absolute atomic E-state index is 11.8. The molecule has 0 heterocycles. The van der Waals surface area contributed by atoms with Crippen LogP contribution in [0, 0.1) is 12.8 Å². The second kappa shape index (κ2) is 6.62. The number of amides is 1. The molecule has 3 N–H and O–H groups in total. The topological polar surface area (TPSA) is 55.1 Å². The summed E-state index contributed by atoms with van der Waals surface area (Å²) in [5.41, 5.74) is 7.35. The number of aryl methyl sites for hydroxylation is 1. The number of hydrogen-bond donors (Lipinski definition) is 2. The highest BCUT2D eigenvalue weighted by atomic mass is 35.5. The van der Waals surface area contributed by atoms with E-state index in [0.29, 0.717) is 18.0 Å². The third-order valence-electron chi connectivity index (χ3n) is 2.85. The molecule has 0 spiro atoms. The van der Waals surface area contributed by atoms with Crippen LogP contribution in [0.25, 0.3) is 0 Å². The van der Waals surface area contributed by atoms with Crippen LogP contribution in [0.2, 0.25) is 5.02 Å². The third-order valence-corrected chi connectivity index (χ3v) is 3.08. The van der Waals surface area contributed by atoms with Crippen molar-refractivity contribution >= 4 is 23.2 Å². The first kappa shape index (κ1) is 14.0. The van der Waals surface area contributed by atoms with Crippen molar-refractivity contribution in [2.75, 3.05) is 11.9 Å². The molecule has 1 rings (SSSR count). The Kier molecular flexibility index (Phi) is 5.45. The van der Waals surface area contributed by atoms with Crippen LogP contribution in [0.3, 0.4) is 0 Å². The van der Waals surface area contributed by atoms with Gasteiger partial charge in [-0.1, -0.05) is 24.9 Å². The molecule has 0 bridgehead atoms. The Labute approximate surface area is 107 Å². The molecule has 0 aliphatic rings. The van der Waals surface area contributed by atoms with Crippen molar-refractivity contribution in [1.29, 1.82) is 0 Å². The fraction of sp³-hybridized carbons (Fsp3) is 0.462. The summed E-state index contributed by atoms with van der Waals surface area (Å²) in [5, 5.41) is 3.56. The fourth-order valence-electron chi connectivity index (χ4n) is 1.63. The van der Waals surface area contributed by atoms with E-state index in [2.05, 4.69) is 5.32 Å². The Bertz CT molecular complexity index is 389. The van der Waals surface area contributed by atoms with Gasteiger partial charge in [-0.05, 0) is 43.1 Å². The zero-order valence-electron chi connectivity index (χ0n) is 10.3. The van der Waals surface area contributed by atoms with E-state index in [1.54, 1.807) is 6.07 Å². The molecular weight excluding hydrogens is 236 g/mol. The van der Waals surface area contributed by atoms with Crippen molar-refractivity contribution in [3.8, 4) is 0 Å². The van der Waals surface area contributed by atoms with Crippen molar-refractivity contribution < 1.29 is 4.79 Å². The smallest absolute Gasteiger partial charge is 0.224 e. The van der Waals surface area contributed by atoms with E-state index in [4.69, 9.17) is 17.3 Å². The zero-order chi connectivity index (χ0) is 12.8. The molecule has 0 radical (unpaired) electrons. The maximum atomic E-state index is 11.8. The van der Waals surface area contributed by atoms with Crippen LogP contribution in [0.5, 0.6) is 0 Å². The maximum Gasteiger partial charge on any atom is 0.224 e. The minimum atomic E-state index is 0.00715. The van der Waals surface area contributed by atoms with Crippen LogP contribution in [0.4, 0.5) is 5.69 Å². The van der Waals surface area contributed by atoms with E-state index >= 15 is 0 Å². The highest BCUT2D eigenvalue weighted by molar-refractivity contribution is 6.30. The Morgan fingerprint density at radius 1 is 1.53 bits per heavy atom. The Hall–Kier alpha value is -1.06. The van der Waals surface area contributed by atoms with E-state index in [9.17, 15) is 4.79 Å². The molecule has 1 aromatic rings. The summed E-state index contributed by atoms with van der Waals surface area (Å²) >= 11 is 5.85. The van der Waals surface area contributed by atoms with Crippen LogP contribution < -0.4 is 11.1 Å². The molecule has 94 valence electrons. The van der Waals surface area contributed by atoms with E-state index in [1.165, 1.54) is 0 Å². The van der Waals surface area contributed by atoms with Crippen molar-refractivity contribution in [3.63, 3.8) is 0 Å². The van der Waals surface area contributed by atoms with Gasteiger partial charge in [0.25, 0.3) is 0 Å². The summed E-state index contributed by atoms with van der Waals surface area (Å²) in [6.07, 6.45) is 1.39. The first-order valence-electron chi connectivity index (χ1n) is 5.82. The van der Waals surface area contributed by atoms with Crippen molar-refractivity contribution in [2.45, 2.75) is 26.7 Å². The number of hydrogen-bond acceptors (Lipinski definition) is 2. The lowest BCUT2D eigenvalue weighted by Gasteiger charge is -2.13. The second-order valence-electron chi connectivity index (χ2n) is 4.22. The number of anilines is 1. The molecule has 0 saturated heterocycles. The van der Waals surface area contributed by atoms with Gasteiger partial charge in [-0.3, -0.25) is 4.79 Å². The molecule has 0 aliphatic heterocycles. The van der Waals surface area contributed by atoms with Gasteiger partial charge in [0.15, 0.2) is 0 Å². The summed E-state index contributed by atoms with van der Waals surface area (Å²) in [6, 6.07) is 5.42. The number of nitrogens with two attached hydrogens (primary N) is 1. The molecule has 0 aromatic heterocycles. The number of rotatable bonds is 5. The molecule has 0 aliphatic carbocycles. The van der Waals surface area contributed by atoms with Crippen LogP contribution in [-0.4, -0.2) is 12.5 Å². The van der Waals surface area contributed by atoms with E-state index in [-0.39, 0.29) is 11.8 Å². The molecule has 1 amide bonds. The van der Waals surface area contributed by atoms with Crippen molar-refractivity contribution in [2.24, 2.45) is 11.7 Å². The predicted molar refractivity (Wildman–Crippen MR) is 72.3 cm³/mol. The van der Waals surface area contributed by atoms with E-state index in [0.717, 1.165) is 17.7 Å². The van der Waals surface area contributed by atoms with Gasteiger partial charge in [0.2, 0.25) is 5.91 Å². The molecule has 1 unspecified atom stereocenters. The normalized spacial score (nSPS) is 12.2. The molecular formula is C13H19ClN2O. The van der Waals surface area contributed by atoms with Gasteiger partial charge in [0.05, 0.1) is 0 Å². The Balaban J connectivity index is 2.62. The quantitative estimate of drug-likeness (QED) is 0.849. The first-order chi connectivity index (χ1) is 8.06. The SMILES string of the molecule is CCC(CN)CC(=O)Nc1ccc(Cl)cc1C. The summed E-state index contributed by atoms with van der Waals surface area (Å²) in [7, 11) is 0. The van der Waals surface area contributed by atoms with Gasteiger partial charge < -0.3 is 11.1 Å². The number of carbonyl (C=O) groups excluding carboxylic acids is 1. The van der Waals surface area contributed by atoms with Crippen LogP contribution in [0.15, 0.2) is 18.2 Å². The predicted octanol–water partition coefficient (Wildman–Crippen LogP) is 2.96. The third kappa shape index (κ3) is 4.36. The average molecular weight is 255 g/mol. The van der Waals surface area contributed by atoms with Gasteiger partial charge in [-0.15, -0.1) is 0 Å². The Morgan fingerprint density at radius 3 is 2.76 bits per heavy atom. The molecule has 1 aromatic carbocycles. The first-order valence-corrected chi connectivity index (χ1v) is 6.20. The monoisotopic (exact) mass is 254 g/mol. The van der Waals surface area contributed by atoms with Crippen LogP contribution in [-0.2, 0) is 4.79 Å². The summed E-state index contributed by atoms with van der Waals surface area (Å²) in [6.45, 7) is 4.50. The molecule has 0 saturated carbocycles. The minimum absolute atomic E-state index is 0.00715. The lowest BCUT2D eigenvalue weighted by Crippen LogP contribution is -2.22. The Morgan fingerprint density at radius 2 is 2.24 bits per heavy atom. The highest BCUT2D eigenvalue weighted by Crippen LogP contribution is 2.20. The average Bonchev–Trinajstić information content (AvgIpc) is 2.29. The molecule has 1 atom stereocenters. The lowest BCUT2D eigenvalue weighted by molar-refractivity contribution is -0.117. The van der Waals surface area contributed by atoms with Gasteiger partial charge in [-0.2, -0.15) is 0 Å². The molecule has 17 heavy (non-hydrogen) atoms. The summed E-state index contributed by atoms with van der Waals surface area (Å²) in [5.74, 6) is 0.260. The largest absolute Gasteiger partial charge is 0.330 e. The van der Waals surface area contributed by atoms with Gasteiger partial charge in [0, 0.05) is 17.1 Å². The fourth-order valence-corrected chi connectivity index (χ4v) is 1.85. The molecule has 0 fully saturated rings. The van der Waals surface area contributed by atoms with Crippen molar-refractivity contribution in [3.05, 3.63) is 28.8 Å². The zero-order valence-corrected chi connectivity index (χ0v) is 11.1. The van der Waals surface area contributed by atoms with Gasteiger partial charge in [0.1, 0.15) is 0 Å². The number of carbonyl (C=O) groups is 1. The minimum Gasteiger partial charge on any atom is -0.330 e. The van der Waals surface area contributed by atoms with E-state index in [1.807, 2.05) is 26.0 Å². The van der Waals surface area contributed by atoms with Crippen LogP contribution in [0.1, 0.15) is 25.3 Å². The molecule has 3 nitrogen and oxygen atoms in total. The number of benzene rings is 1. The van der Waals surface area contributed by atoms with Gasteiger partial charge in [-0.25, -0.2) is 0 Å². The standard InChI is InChI=1S/C13H19ClN2O/c1-3-10(8-15)7-13(17)16-12-5-4-11(14)6-9(12)2/h4-6,10H,3,7-8,15H2,1-2H3,(H,16,17). The lowest BCUT2D eigenvalue weighted by atomic mass is 10.0.